The third-order valence-corrected chi connectivity index (χ3v) is 4.69. The number of benzene rings is 2. The number of amides is 1. The smallest absolute Gasteiger partial charge is 0.267 e. The lowest BCUT2D eigenvalue weighted by molar-refractivity contribution is -0.384. The van der Waals surface area contributed by atoms with Crippen LogP contribution in [0.25, 0.3) is 0 Å². The Labute approximate surface area is 153 Å². The molecule has 0 saturated carbocycles. The second kappa shape index (κ2) is 7.60. The highest BCUT2D eigenvalue weighted by molar-refractivity contribution is 7.89. The summed E-state index contributed by atoms with van der Waals surface area (Å²) in [6.07, 6.45) is 0. The summed E-state index contributed by atoms with van der Waals surface area (Å²) in [7, 11) is -4.09. The number of nitro groups is 1. The minimum atomic E-state index is -4.09. The molecule has 2 rings (SSSR count). The van der Waals surface area contributed by atoms with Crippen LogP contribution >= 0.6 is 11.6 Å². The third kappa shape index (κ3) is 4.63. The lowest BCUT2D eigenvalue weighted by Crippen LogP contribution is -2.20. The summed E-state index contributed by atoms with van der Waals surface area (Å²) in [5.74, 6) is -0.698. The van der Waals surface area contributed by atoms with E-state index in [4.69, 9.17) is 16.7 Å². The maximum absolute atomic E-state index is 12.1. The summed E-state index contributed by atoms with van der Waals surface area (Å²) in [5, 5.41) is 19.6. The first kappa shape index (κ1) is 19.5. The van der Waals surface area contributed by atoms with Crippen LogP contribution in [0, 0.1) is 10.1 Å². The molecule has 9 nitrogen and oxygen atoms in total. The van der Waals surface area contributed by atoms with Crippen LogP contribution in [0.2, 0.25) is 5.02 Å². The van der Waals surface area contributed by atoms with Crippen molar-refractivity contribution in [1.82, 2.24) is 5.43 Å². The number of carbonyl (C=O) groups excluding carboxylic acids is 1. The van der Waals surface area contributed by atoms with E-state index in [-0.39, 0.29) is 21.2 Å². The summed E-state index contributed by atoms with van der Waals surface area (Å²) in [4.78, 5) is 22.0. The Morgan fingerprint density at radius 3 is 2.54 bits per heavy atom. The maximum Gasteiger partial charge on any atom is 0.271 e. The molecule has 0 radical (unpaired) electrons. The van der Waals surface area contributed by atoms with Crippen molar-refractivity contribution >= 4 is 38.9 Å². The topological polar surface area (TPSA) is 145 Å². The minimum Gasteiger partial charge on any atom is -0.267 e. The summed E-state index contributed by atoms with van der Waals surface area (Å²) >= 11 is 5.76. The molecule has 0 heterocycles. The van der Waals surface area contributed by atoms with Gasteiger partial charge in [-0.2, -0.15) is 5.10 Å². The van der Waals surface area contributed by atoms with E-state index in [0.29, 0.717) is 11.3 Å². The molecule has 11 heteroatoms. The van der Waals surface area contributed by atoms with Gasteiger partial charge in [-0.3, -0.25) is 14.9 Å². The summed E-state index contributed by atoms with van der Waals surface area (Å²) in [6, 6.07) is 9.30. The van der Waals surface area contributed by atoms with Gasteiger partial charge >= 0.3 is 0 Å². The number of primary sulfonamides is 1. The number of nitrogens with one attached hydrogen (secondary N) is 1. The molecule has 136 valence electrons. The van der Waals surface area contributed by atoms with E-state index in [1.165, 1.54) is 30.3 Å². The van der Waals surface area contributed by atoms with Crippen molar-refractivity contribution in [3.05, 3.63) is 68.7 Å². The van der Waals surface area contributed by atoms with Gasteiger partial charge in [0.25, 0.3) is 11.6 Å². The molecule has 0 aliphatic carbocycles. The first-order valence-electron chi connectivity index (χ1n) is 7.01. The predicted molar refractivity (Wildman–Crippen MR) is 95.6 cm³/mol. The molecule has 0 aliphatic rings. The molecule has 2 aromatic carbocycles. The van der Waals surface area contributed by atoms with Crippen LogP contribution in [0.1, 0.15) is 22.8 Å². The number of rotatable bonds is 5. The van der Waals surface area contributed by atoms with Crippen molar-refractivity contribution < 1.29 is 18.1 Å². The zero-order chi connectivity index (χ0) is 19.5. The molecule has 0 fully saturated rings. The van der Waals surface area contributed by atoms with Crippen LogP contribution in [-0.4, -0.2) is 25.0 Å². The molecule has 3 N–H and O–H groups in total. The van der Waals surface area contributed by atoms with Crippen LogP contribution in [0.4, 0.5) is 5.69 Å². The van der Waals surface area contributed by atoms with Crippen molar-refractivity contribution in [2.45, 2.75) is 11.8 Å². The second-order valence-electron chi connectivity index (χ2n) is 5.14. The van der Waals surface area contributed by atoms with Gasteiger partial charge in [0.1, 0.15) is 4.90 Å². The molecule has 0 spiro atoms. The predicted octanol–water partition coefficient (Wildman–Crippen LogP) is 2.05. The van der Waals surface area contributed by atoms with Crippen molar-refractivity contribution in [3.8, 4) is 0 Å². The number of hydrogen-bond acceptors (Lipinski definition) is 6. The van der Waals surface area contributed by atoms with E-state index in [0.717, 1.165) is 6.07 Å². The van der Waals surface area contributed by atoms with Crippen molar-refractivity contribution in [3.63, 3.8) is 0 Å². The maximum atomic E-state index is 12.1. The zero-order valence-corrected chi connectivity index (χ0v) is 14.9. The Morgan fingerprint density at radius 2 is 1.92 bits per heavy atom. The van der Waals surface area contributed by atoms with E-state index in [1.807, 2.05) is 0 Å². The fourth-order valence-corrected chi connectivity index (χ4v) is 3.04. The summed E-state index contributed by atoms with van der Waals surface area (Å²) in [6.45, 7) is 1.55. The first-order chi connectivity index (χ1) is 12.1. The number of carbonyl (C=O) groups is 1. The van der Waals surface area contributed by atoms with Gasteiger partial charge in [0.2, 0.25) is 10.0 Å². The lowest BCUT2D eigenvalue weighted by atomic mass is 10.1. The van der Waals surface area contributed by atoms with Gasteiger partial charge in [-0.25, -0.2) is 19.0 Å². The normalized spacial score (nSPS) is 11.9. The van der Waals surface area contributed by atoms with Crippen LogP contribution in [0.3, 0.4) is 0 Å². The third-order valence-electron chi connectivity index (χ3n) is 3.30. The van der Waals surface area contributed by atoms with Gasteiger partial charge in [0.15, 0.2) is 0 Å². The number of nitrogens with two attached hydrogens (primary N) is 1. The quantitative estimate of drug-likeness (QED) is 0.451. The Kier molecular flexibility index (Phi) is 5.70. The molecule has 0 atom stereocenters. The SMILES string of the molecule is C/C(=N/NC(=O)c1ccc(Cl)c(S(N)(=O)=O)c1)c1cccc([N+](=O)[O-])c1. The fourth-order valence-electron chi connectivity index (χ4n) is 1.97. The second-order valence-corrected chi connectivity index (χ2v) is 7.07. The molecule has 2 aromatic rings. The average molecular weight is 397 g/mol. The Hall–Kier alpha value is -2.82. The number of non-ortho nitro benzene ring substituents is 1. The van der Waals surface area contributed by atoms with E-state index in [1.54, 1.807) is 13.0 Å². The van der Waals surface area contributed by atoms with Crippen molar-refractivity contribution in [2.24, 2.45) is 10.2 Å². The standard InChI is InChI=1S/C15H13ClN4O5S/c1-9(10-3-2-4-12(7-10)20(22)23)18-19-15(21)11-5-6-13(16)14(8-11)26(17,24)25/h2-8H,1H3,(H,19,21)(H2,17,24,25)/b18-9-. The van der Waals surface area contributed by atoms with Crippen LogP contribution in [0.15, 0.2) is 52.5 Å². The van der Waals surface area contributed by atoms with Crippen LogP contribution in [0.5, 0.6) is 0 Å². The molecule has 0 saturated heterocycles. The van der Waals surface area contributed by atoms with Gasteiger partial charge in [-0.15, -0.1) is 0 Å². The Bertz CT molecular complexity index is 1020. The van der Waals surface area contributed by atoms with Gasteiger partial charge in [0.05, 0.1) is 15.7 Å². The lowest BCUT2D eigenvalue weighted by Gasteiger charge is -2.06. The number of hydrazone groups is 1. The Balaban J connectivity index is 2.24. The van der Waals surface area contributed by atoms with Gasteiger partial charge in [-0.1, -0.05) is 23.7 Å². The first-order valence-corrected chi connectivity index (χ1v) is 8.94. The van der Waals surface area contributed by atoms with Crippen LogP contribution < -0.4 is 10.6 Å². The fraction of sp³-hybridized carbons (Fsp3) is 0.0667. The number of hydrogen-bond donors (Lipinski definition) is 2. The highest BCUT2D eigenvalue weighted by Gasteiger charge is 2.16. The van der Waals surface area contributed by atoms with Crippen molar-refractivity contribution in [1.29, 1.82) is 0 Å². The largest absolute Gasteiger partial charge is 0.271 e. The van der Waals surface area contributed by atoms with Gasteiger partial charge in [-0.05, 0) is 25.1 Å². The van der Waals surface area contributed by atoms with Gasteiger partial charge < -0.3 is 0 Å². The van der Waals surface area contributed by atoms with E-state index >= 15 is 0 Å². The molecular formula is C15H13ClN4O5S. The van der Waals surface area contributed by atoms with Crippen molar-refractivity contribution in [2.75, 3.05) is 0 Å². The number of halogens is 1. The monoisotopic (exact) mass is 396 g/mol. The molecule has 0 aromatic heterocycles. The molecule has 26 heavy (non-hydrogen) atoms. The van der Waals surface area contributed by atoms with E-state index in [9.17, 15) is 23.3 Å². The van der Waals surface area contributed by atoms with E-state index in [2.05, 4.69) is 10.5 Å². The zero-order valence-electron chi connectivity index (χ0n) is 13.3. The molecule has 0 unspecified atom stereocenters. The molecule has 0 aliphatic heterocycles. The highest BCUT2D eigenvalue weighted by Crippen LogP contribution is 2.21. The highest BCUT2D eigenvalue weighted by atomic mass is 35.5. The summed E-state index contributed by atoms with van der Waals surface area (Å²) < 4.78 is 22.9. The summed E-state index contributed by atoms with van der Waals surface area (Å²) in [5.41, 5.74) is 2.88. The van der Waals surface area contributed by atoms with Gasteiger partial charge in [0, 0.05) is 23.3 Å². The molecule has 0 bridgehead atoms. The minimum absolute atomic E-state index is 0.0194. The van der Waals surface area contributed by atoms with Crippen LogP contribution in [-0.2, 0) is 10.0 Å². The Morgan fingerprint density at radius 1 is 1.23 bits per heavy atom. The number of nitro benzene ring substituents is 1. The number of sulfonamides is 1. The molecular weight excluding hydrogens is 384 g/mol. The number of nitrogens with zero attached hydrogens (tertiary/aromatic N) is 2. The van der Waals surface area contributed by atoms with E-state index < -0.39 is 20.9 Å². The average Bonchev–Trinajstić information content (AvgIpc) is 2.58. The molecule has 1 amide bonds.